The summed E-state index contributed by atoms with van der Waals surface area (Å²) in [4.78, 5) is 5.69. The van der Waals surface area contributed by atoms with Crippen LogP contribution >= 0.6 is 23.8 Å². The summed E-state index contributed by atoms with van der Waals surface area (Å²) < 4.78 is 2.91. The summed E-state index contributed by atoms with van der Waals surface area (Å²) in [5.74, 6) is 0. The second-order valence-corrected chi connectivity index (χ2v) is 6.43. The fourth-order valence-corrected chi connectivity index (χ4v) is 3.66. The number of halogens is 1. The molecule has 2 aromatic rings. The lowest BCUT2D eigenvalue weighted by molar-refractivity contribution is 0.237. The highest BCUT2D eigenvalue weighted by molar-refractivity contribution is 7.71. The third-order valence-corrected chi connectivity index (χ3v) is 5.02. The third kappa shape index (κ3) is 2.65. The molecule has 0 radical (unpaired) electrons. The summed E-state index contributed by atoms with van der Waals surface area (Å²) in [6.07, 6.45) is 5.41. The van der Waals surface area contributed by atoms with Crippen LogP contribution in [0.1, 0.15) is 25.7 Å². The fraction of sp³-hybridized carbons (Fsp3) is 0.533. The van der Waals surface area contributed by atoms with Crippen LogP contribution in [0.5, 0.6) is 0 Å². The zero-order valence-electron chi connectivity index (χ0n) is 11.7. The van der Waals surface area contributed by atoms with E-state index in [0.717, 1.165) is 40.0 Å². The molecule has 0 spiro atoms. The van der Waals surface area contributed by atoms with Gasteiger partial charge in [-0.1, -0.05) is 30.5 Å². The predicted octanol–water partition coefficient (Wildman–Crippen LogP) is 4.23. The van der Waals surface area contributed by atoms with E-state index in [1.165, 1.54) is 25.7 Å². The smallest absolute Gasteiger partial charge is 0.178 e. The summed E-state index contributed by atoms with van der Waals surface area (Å²) in [5.41, 5.74) is 2.05. The Bertz CT molecular complexity index is 655. The second-order valence-electron chi connectivity index (χ2n) is 5.63. The summed E-state index contributed by atoms with van der Waals surface area (Å²) in [5, 5.41) is 0.733. The van der Waals surface area contributed by atoms with Gasteiger partial charge in [0.1, 0.15) is 0 Å². The average Bonchev–Trinajstić information content (AvgIpc) is 3.05. The number of rotatable bonds is 4. The minimum atomic E-state index is 0.733. The maximum atomic E-state index is 6.21. The molecular weight excluding hydrogens is 290 g/mol. The van der Waals surface area contributed by atoms with Crippen LogP contribution in [-0.2, 0) is 6.54 Å². The minimum Gasteiger partial charge on any atom is -0.329 e. The molecule has 108 valence electrons. The number of nitrogens with one attached hydrogen (secondary N) is 1. The first kappa shape index (κ1) is 14.1. The van der Waals surface area contributed by atoms with Crippen molar-refractivity contribution in [2.45, 2.75) is 38.3 Å². The van der Waals surface area contributed by atoms with E-state index in [9.17, 15) is 0 Å². The quantitative estimate of drug-likeness (QED) is 0.855. The van der Waals surface area contributed by atoms with Gasteiger partial charge in [0.15, 0.2) is 4.77 Å². The highest BCUT2D eigenvalue weighted by atomic mass is 35.5. The van der Waals surface area contributed by atoms with Crippen molar-refractivity contribution >= 4 is 34.9 Å². The molecule has 0 unspecified atom stereocenters. The van der Waals surface area contributed by atoms with E-state index in [1.54, 1.807) is 0 Å². The van der Waals surface area contributed by atoms with Crippen molar-refractivity contribution in [2.75, 3.05) is 13.6 Å². The van der Waals surface area contributed by atoms with Crippen LogP contribution in [0.2, 0.25) is 5.02 Å². The van der Waals surface area contributed by atoms with Crippen LogP contribution in [0, 0.1) is 4.77 Å². The Hall–Kier alpha value is -0.840. The molecule has 1 aromatic carbocycles. The van der Waals surface area contributed by atoms with Gasteiger partial charge in [0.05, 0.1) is 16.1 Å². The largest absolute Gasteiger partial charge is 0.329 e. The van der Waals surface area contributed by atoms with Gasteiger partial charge in [-0.25, -0.2) is 0 Å². The SMILES string of the molecule is CN(CCn1c(=S)[nH]c2c(Cl)cccc21)C1CCCC1. The fourth-order valence-electron chi connectivity index (χ4n) is 3.15. The standard InChI is InChI=1S/C15H20ClN3S/c1-18(11-5-2-3-6-11)9-10-19-13-8-4-7-12(16)14(13)17-15(19)20/h4,7-8,11H,2-3,5-6,9-10H2,1H3,(H,17,20). The number of H-pyrrole nitrogens is 1. The Morgan fingerprint density at radius 2 is 2.15 bits per heavy atom. The number of aromatic amines is 1. The first-order chi connectivity index (χ1) is 9.66. The summed E-state index contributed by atoms with van der Waals surface area (Å²) in [6.45, 7) is 1.94. The molecule has 20 heavy (non-hydrogen) atoms. The Morgan fingerprint density at radius 3 is 2.90 bits per heavy atom. The highest BCUT2D eigenvalue weighted by Gasteiger charge is 2.19. The van der Waals surface area contributed by atoms with E-state index in [4.69, 9.17) is 23.8 Å². The van der Waals surface area contributed by atoms with Crippen molar-refractivity contribution in [1.29, 1.82) is 0 Å². The summed E-state index contributed by atoms with van der Waals surface area (Å²) in [6, 6.07) is 6.69. The van der Waals surface area contributed by atoms with Gasteiger partial charge in [0, 0.05) is 19.1 Å². The zero-order chi connectivity index (χ0) is 14.1. The maximum absolute atomic E-state index is 6.21. The van der Waals surface area contributed by atoms with Crippen molar-refractivity contribution in [1.82, 2.24) is 14.5 Å². The molecule has 1 aromatic heterocycles. The van der Waals surface area contributed by atoms with Crippen LogP contribution in [0.3, 0.4) is 0 Å². The molecule has 1 aliphatic rings. The van der Waals surface area contributed by atoms with Crippen molar-refractivity contribution in [2.24, 2.45) is 0 Å². The van der Waals surface area contributed by atoms with E-state index < -0.39 is 0 Å². The lowest BCUT2D eigenvalue weighted by Gasteiger charge is -2.24. The molecular formula is C15H20ClN3S. The maximum Gasteiger partial charge on any atom is 0.178 e. The molecule has 1 N–H and O–H groups in total. The number of aromatic nitrogens is 2. The van der Waals surface area contributed by atoms with Gasteiger partial charge < -0.3 is 14.5 Å². The van der Waals surface area contributed by atoms with E-state index in [-0.39, 0.29) is 0 Å². The van der Waals surface area contributed by atoms with Crippen LogP contribution < -0.4 is 0 Å². The number of nitrogens with zero attached hydrogens (tertiary/aromatic N) is 2. The first-order valence-corrected chi connectivity index (χ1v) is 8.02. The van der Waals surface area contributed by atoms with E-state index >= 15 is 0 Å². The topological polar surface area (TPSA) is 24.0 Å². The normalized spacial score (nSPS) is 16.6. The minimum absolute atomic E-state index is 0.733. The second kappa shape index (κ2) is 5.88. The highest BCUT2D eigenvalue weighted by Crippen LogP contribution is 2.24. The van der Waals surface area contributed by atoms with Gasteiger partial charge in [-0.3, -0.25) is 0 Å². The van der Waals surface area contributed by atoms with Crippen LogP contribution in [0.25, 0.3) is 11.0 Å². The molecule has 1 heterocycles. The molecule has 3 rings (SSSR count). The molecule has 0 aliphatic heterocycles. The predicted molar refractivity (Wildman–Crippen MR) is 87.0 cm³/mol. The molecule has 0 amide bonds. The Kier molecular flexibility index (Phi) is 4.15. The van der Waals surface area contributed by atoms with Crippen LogP contribution in [-0.4, -0.2) is 34.1 Å². The first-order valence-electron chi connectivity index (χ1n) is 7.24. The number of likely N-dealkylation sites (N-methyl/N-ethyl adjacent to an activating group) is 1. The third-order valence-electron chi connectivity index (χ3n) is 4.38. The van der Waals surface area contributed by atoms with E-state index in [2.05, 4.69) is 27.6 Å². The van der Waals surface area contributed by atoms with Crippen molar-refractivity contribution in [3.63, 3.8) is 0 Å². The number of hydrogen-bond acceptors (Lipinski definition) is 2. The monoisotopic (exact) mass is 309 g/mol. The molecule has 3 nitrogen and oxygen atoms in total. The van der Waals surface area contributed by atoms with Crippen molar-refractivity contribution in [3.05, 3.63) is 28.0 Å². The Balaban J connectivity index is 1.79. The van der Waals surface area contributed by atoms with Gasteiger partial charge in [-0.15, -0.1) is 0 Å². The number of para-hydroxylation sites is 1. The van der Waals surface area contributed by atoms with E-state index in [1.807, 2.05) is 12.1 Å². The summed E-state index contributed by atoms with van der Waals surface area (Å²) >= 11 is 11.6. The molecule has 1 aliphatic carbocycles. The lowest BCUT2D eigenvalue weighted by atomic mass is 10.2. The summed E-state index contributed by atoms with van der Waals surface area (Å²) in [7, 11) is 2.22. The average molecular weight is 310 g/mol. The Morgan fingerprint density at radius 1 is 1.40 bits per heavy atom. The number of hydrogen-bond donors (Lipinski definition) is 1. The van der Waals surface area contributed by atoms with Gasteiger partial charge >= 0.3 is 0 Å². The number of imidazole rings is 1. The molecule has 5 heteroatoms. The molecule has 0 atom stereocenters. The van der Waals surface area contributed by atoms with Crippen LogP contribution in [0.15, 0.2) is 18.2 Å². The van der Waals surface area contributed by atoms with Crippen molar-refractivity contribution < 1.29 is 0 Å². The van der Waals surface area contributed by atoms with Crippen molar-refractivity contribution in [3.8, 4) is 0 Å². The van der Waals surface area contributed by atoms with Gasteiger partial charge in [0.25, 0.3) is 0 Å². The van der Waals surface area contributed by atoms with Crippen LogP contribution in [0.4, 0.5) is 0 Å². The molecule has 0 bridgehead atoms. The van der Waals surface area contributed by atoms with E-state index in [0.29, 0.717) is 0 Å². The van der Waals surface area contributed by atoms with Gasteiger partial charge in [-0.2, -0.15) is 0 Å². The lowest BCUT2D eigenvalue weighted by Crippen LogP contribution is -2.32. The Labute approximate surface area is 129 Å². The molecule has 0 saturated heterocycles. The number of benzene rings is 1. The number of fused-ring (bicyclic) bond motifs is 1. The zero-order valence-corrected chi connectivity index (χ0v) is 13.3. The van der Waals surface area contributed by atoms with Gasteiger partial charge in [0.2, 0.25) is 0 Å². The molecule has 1 saturated carbocycles. The van der Waals surface area contributed by atoms with Gasteiger partial charge in [-0.05, 0) is 44.2 Å². The molecule has 1 fully saturated rings.